The van der Waals surface area contributed by atoms with Crippen molar-refractivity contribution in [2.24, 2.45) is 0 Å². The lowest BCUT2D eigenvalue weighted by molar-refractivity contribution is 0.361. The van der Waals surface area contributed by atoms with E-state index in [0.717, 1.165) is 11.5 Å². The van der Waals surface area contributed by atoms with Crippen LogP contribution < -0.4 is 9.47 Å². The van der Waals surface area contributed by atoms with E-state index >= 15 is 0 Å². The Morgan fingerprint density at radius 3 is 2.38 bits per heavy atom. The van der Waals surface area contributed by atoms with E-state index in [2.05, 4.69) is 0 Å². The molecule has 0 fully saturated rings. The molecule has 0 N–H and O–H groups in total. The molecule has 0 aliphatic heterocycles. The summed E-state index contributed by atoms with van der Waals surface area (Å²) in [5.74, 6) is 1.62. The maximum absolute atomic E-state index is 5.33. The fourth-order valence-electron chi connectivity index (χ4n) is 0.853. The molecule has 1 rings (SSSR count). The second-order valence-electron chi connectivity index (χ2n) is 2.35. The monoisotopic (exact) mass is 198 g/mol. The Bertz CT molecular complexity index is 267. The van der Waals surface area contributed by atoms with Gasteiger partial charge in [-0.25, -0.2) is 0 Å². The van der Waals surface area contributed by atoms with E-state index in [9.17, 15) is 0 Å². The van der Waals surface area contributed by atoms with Crippen molar-refractivity contribution in [2.75, 3.05) is 13.7 Å². The summed E-state index contributed by atoms with van der Waals surface area (Å²) < 4.78 is 10.3. The Labute approximate surface area is 82.7 Å². The van der Waals surface area contributed by atoms with E-state index in [1.54, 1.807) is 13.2 Å². The predicted octanol–water partition coefficient (Wildman–Crippen LogP) is 2.83. The van der Waals surface area contributed by atoms with Crippen LogP contribution in [0.5, 0.6) is 11.5 Å². The summed E-state index contributed by atoms with van der Waals surface area (Å²) in [6.45, 7) is 0.482. The summed E-state index contributed by atoms with van der Waals surface area (Å²) in [6, 6.07) is 7.39. The summed E-state index contributed by atoms with van der Waals surface area (Å²) in [7, 11) is 1.63. The molecule has 0 saturated carbocycles. The van der Waals surface area contributed by atoms with Crippen molar-refractivity contribution < 1.29 is 9.47 Å². The highest BCUT2D eigenvalue weighted by Gasteiger charge is 1.92. The number of rotatable bonds is 4. The van der Waals surface area contributed by atoms with Gasteiger partial charge >= 0.3 is 0 Å². The van der Waals surface area contributed by atoms with Gasteiger partial charge in [-0.3, -0.25) is 0 Å². The SMILES string of the molecule is COc1ccc(OC/C=C\Cl)cc1. The van der Waals surface area contributed by atoms with E-state index in [1.807, 2.05) is 24.3 Å². The predicted molar refractivity (Wildman–Crippen MR) is 53.5 cm³/mol. The first-order valence-corrected chi connectivity index (χ1v) is 4.32. The molecule has 0 amide bonds. The normalized spacial score (nSPS) is 10.3. The Morgan fingerprint density at radius 2 is 1.85 bits per heavy atom. The molecule has 1 aromatic rings. The van der Waals surface area contributed by atoms with Crippen LogP contribution >= 0.6 is 11.6 Å². The third kappa shape index (κ3) is 3.38. The third-order valence-corrected chi connectivity index (χ3v) is 1.67. The molecule has 1 aromatic carbocycles. The molecule has 0 aliphatic rings. The average Bonchev–Trinajstić information content (AvgIpc) is 2.19. The minimum Gasteiger partial charge on any atom is -0.497 e. The molecule has 0 aliphatic carbocycles. The third-order valence-electron chi connectivity index (χ3n) is 1.49. The van der Waals surface area contributed by atoms with Gasteiger partial charge in [-0.05, 0) is 30.3 Å². The second kappa shape index (κ2) is 5.49. The van der Waals surface area contributed by atoms with Gasteiger partial charge in [0, 0.05) is 5.54 Å². The molecule has 0 atom stereocenters. The van der Waals surface area contributed by atoms with Gasteiger partial charge in [0.2, 0.25) is 0 Å². The largest absolute Gasteiger partial charge is 0.497 e. The molecule has 3 heteroatoms. The topological polar surface area (TPSA) is 18.5 Å². The van der Waals surface area contributed by atoms with E-state index in [1.165, 1.54) is 5.54 Å². The molecule has 0 radical (unpaired) electrons. The highest BCUT2D eigenvalue weighted by atomic mass is 35.5. The zero-order valence-electron chi connectivity index (χ0n) is 7.37. The highest BCUT2D eigenvalue weighted by Crippen LogP contribution is 2.16. The summed E-state index contributed by atoms with van der Waals surface area (Å²) >= 11 is 5.33. The van der Waals surface area contributed by atoms with E-state index < -0.39 is 0 Å². The zero-order valence-corrected chi connectivity index (χ0v) is 8.12. The van der Waals surface area contributed by atoms with Crippen molar-refractivity contribution in [1.29, 1.82) is 0 Å². The van der Waals surface area contributed by atoms with Crippen LogP contribution in [-0.4, -0.2) is 13.7 Å². The van der Waals surface area contributed by atoms with Gasteiger partial charge in [-0.2, -0.15) is 0 Å². The molecule has 0 heterocycles. The molecular weight excluding hydrogens is 188 g/mol. The summed E-state index contributed by atoms with van der Waals surface area (Å²) in [4.78, 5) is 0. The number of ether oxygens (including phenoxy) is 2. The van der Waals surface area contributed by atoms with Crippen LogP contribution in [0, 0.1) is 0 Å². The fourth-order valence-corrected chi connectivity index (χ4v) is 0.925. The molecule has 0 aromatic heterocycles. The molecule has 0 spiro atoms. The van der Waals surface area contributed by atoms with Crippen LogP contribution in [0.1, 0.15) is 0 Å². The number of hydrogen-bond acceptors (Lipinski definition) is 2. The zero-order chi connectivity index (χ0) is 9.52. The summed E-state index contributed by atoms with van der Waals surface area (Å²) in [6.07, 6.45) is 1.73. The van der Waals surface area contributed by atoms with E-state index in [4.69, 9.17) is 21.1 Å². The molecule has 0 saturated heterocycles. The minimum atomic E-state index is 0.482. The molecule has 0 unspecified atom stereocenters. The van der Waals surface area contributed by atoms with Crippen molar-refractivity contribution in [2.45, 2.75) is 0 Å². The number of benzene rings is 1. The highest BCUT2D eigenvalue weighted by molar-refractivity contribution is 6.25. The number of halogens is 1. The van der Waals surface area contributed by atoms with Gasteiger partial charge in [0.25, 0.3) is 0 Å². The summed E-state index contributed by atoms with van der Waals surface area (Å²) in [5.41, 5.74) is 1.43. The van der Waals surface area contributed by atoms with Gasteiger partial charge in [0.1, 0.15) is 18.1 Å². The van der Waals surface area contributed by atoms with Crippen LogP contribution in [0.4, 0.5) is 0 Å². The average molecular weight is 199 g/mol. The molecule has 13 heavy (non-hydrogen) atoms. The van der Waals surface area contributed by atoms with Gasteiger partial charge in [0.15, 0.2) is 0 Å². The van der Waals surface area contributed by atoms with E-state index in [-0.39, 0.29) is 0 Å². The maximum atomic E-state index is 5.33. The van der Waals surface area contributed by atoms with Crippen molar-refractivity contribution in [1.82, 2.24) is 0 Å². The lowest BCUT2D eigenvalue weighted by Gasteiger charge is -2.03. The molecule has 0 bridgehead atoms. The smallest absolute Gasteiger partial charge is 0.120 e. The quantitative estimate of drug-likeness (QED) is 0.741. The van der Waals surface area contributed by atoms with Gasteiger partial charge < -0.3 is 9.47 Å². The first kappa shape index (κ1) is 9.93. The maximum Gasteiger partial charge on any atom is 0.120 e. The van der Waals surface area contributed by atoms with Crippen molar-refractivity contribution in [3.8, 4) is 11.5 Å². The minimum absolute atomic E-state index is 0.482. The standard InChI is InChI=1S/C10H11ClO2/c1-12-9-3-5-10(6-4-9)13-8-2-7-11/h2-7H,8H2,1H3/b7-2-. The number of methoxy groups -OCH3 is 1. The lowest BCUT2D eigenvalue weighted by Crippen LogP contribution is -1.92. The molecule has 2 nitrogen and oxygen atoms in total. The van der Waals surface area contributed by atoms with Crippen molar-refractivity contribution in [3.63, 3.8) is 0 Å². The van der Waals surface area contributed by atoms with Gasteiger partial charge in [-0.1, -0.05) is 11.6 Å². The van der Waals surface area contributed by atoms with Crippen molar-refractivity contribution >= 4 is 11.6 Å². The van der Waals surface area contributed by atoms with Crippen LogP contribution in [0.15, 0.2) is 35.9 Å². The Hall–Kier alpha value is -1.15. The molecule has 70 valence electrons. The molecular formula is C10H11ClO2. The first-order chi connectivity index (χ1) is 6.36. The van der Waals surface area contributed by atoms with Crippen LogP contribution in [0.3, 0.4) is 0 Å². The number of hydrogen-bond donors (Lipinski definition) is 0. The lowest BCUT2D eigenvalue weighted by atomic mass is 10.3. The summed E-state index contributed by atoms with van der Waals surface area (Å²) in [5, 5.41) is 0. The van der Waals surface area contributed by atoms with Crippen molar-refractivity contribution in [3.05, 3.63) is 35.9 Å². The van der Waals surface area contributed by atoms with Crippen LogP contribution in [-0.2, 0) is 0 Å². The van der Waals surface area contributed by atoms with Crippen LogP contribution in [0.25, 0.3) is 0 Å². The van der Waals surface area contributed by atoms with Gasteiger partial charge in [-0.15, -0.1) is 0 Å². The van der Waals surface area contributed by atoms with Crippen LogP contribution in [0.2, 0.25) is 0 Å². The Balaban J connectivity index is 2.49. The Morgan fingerprint density at radius 1 is 1.23 bits per heavy atom. The van der Waals surface area contributed by atoms with Gasteiger partial charge in [0.05, 0.1) is 7.11 Å². The second-order valence-corrected chi connectivity index (χ2v) is 2.60. The fraction of sp³-hybridized carbons (Fsp3) is 0.200. The Kier molecular flexibility index (Phi) is 4.19. The first-order valence-electron chi connectivity index (χ1n) is 3.89. The van der Waals surface area contributed by atoms with E-state index in [0.29, 0.717) is 6.61 Å².